The van der Waals surface area contributed by atoms with E-state index in [0.29, 0.717) is 20.9 Å². The molecule has 0 aliphatic heterocycles. The molecule has 0 saturated heterocycles. The molecule has 0 aliphatic rings. The first-order valence-corrected chi connectivity index (χ1v) is 9.74. The quantitative estimate of drug-likeness (QED) is 0.460. The van der Waals surface area contributed by atoms with Gasteiger partial charge in [-0.2, -0.15) is 0 Å². The van der Waals surface area contributed by atoms with Crippen molar-refractivity contribution in [2.45, 2.75) is 5.16 Å². The van der Waals surface area contributed by atoms with E-state index >= 15 is 0 Å². The summed E-state index contributed by atoms with van der Waals surface area (Å²) in [5.41, 5.74) is 3.24. The van der Waals surface area contributed by atoms with Crippen molar-refractivity contribution in [3.05, 3.63) is 52.8 Å². The summed E-state index contributed by atoms with van der Waals surface area (Å²) in [5.74, 6) is 0.777. The maximum Gasteiger partial charge on any atom is 0.291 e. The third kappa shape index (κ3) is 3.58. The molecule has 0 bridgehead atoms. The minimum Gasteiger partial charge on any atom is -0.327 e. The van der Waals surface area contributed by atoms with E-state index in [1.165, 1.54) is 0 Å². The predicted molar refractivity (Wildman–Crippen MR) is 112 cm³/mol. The Morgan fingerprint density at radius 1 is 1.11 bits per heavy atom. The van der Waals surface area contributed by atoms with Crippen molar-refractivity contribution in [2.75, 3.05) is 5.32 Å². The normalized spacial score (nSPS) is 11.1. The zero-order valence-electron chi connectivity index (χ0n) is 14.8. The maximum atomic E-state index is 12.2. The number of rotatable bonds is 3. The lowest BCUT2D eigenvalue weighted by atomic mass is 10.2. The van der Waals surface area contributed by atoms with Gasteiger partial charge in [-0.1, -0.05) is 23.2 Å². The molecule has 0 fully saturated rings. The van der Waals surface area contributed by atoms with Gasteiger partial charge in [-0.3, -0.25) is 4.79 Å². The molecule has 0 spiro atoms. The highest BCUT2D eigenvalue weighted by Crippen LogP contribution is 2.31. The van der Waals surface area contributed by atoms with Crippen LogP contribution >= 0.6 is 35.0 Å². The molecule has 1 N–H and O–H groups in total. The number of carbonyl (C=O) groups excluding carboxylic acids is 1. The third-order valence-corrected chi connectivity index (χ3v) is 5.73. The number of fused-ring (bicyclic) bond motifs is 1. The Hall–Kier alpha value is -2.55. The van der Waals surface area contributed by atoms with Crippen LogP contribution in [-0.4, -0.2) is 29.6 Å². The molecule has 7 nitrogen and oxygen atoms in total. The van der Waals surface area contributed by atoms with Gasteiger partial charge in [0.2, 0.25) is 0 Å². The lowest BCUT2D eigenvalue weighted by Gasteiger charge is -2.06. The predicted octanol–water partition coefficient (Wildman–Crippen LogP) is 5.00. The van der Waals surface area contributed by atoms with Gasteiger partial charge in [0.15, 0.2) is 5.16 Å². The Bertz CT molecular complexity index is 1180. The van der Waals surface area contributed by atoms with Crippen LogP contribution < -0.4 is 5.32 Å². The largest absolute Gasteiger partial charge is 0.327 e. The van der Waals surface area contributed by atoms with Gasteiger partial charge < -0.3 is 14.5 Å². The summed E-state index contributed by atoms with van der Waals surface area (Å²) in [7, 11) is 3.70. The summed E-state index contributed by atoms with van der Waals surface area (Å²) in [5, 5.41) is 11.7. The fourth-order valence-corrected chi connectivity index (χ4v) is 3.67. The van der Waals surface area contributed by atoms with E-state index < -0.39 is 0 Å². The number of thioether (sulfide) groups is 1. The van der Waals surface area contributed by atoms with Crippen LogP contribution in [0.5, 0.6) is 0 Å². The van der Waals surface area contributed by atoms with Gasteiger partial charge in [0, 0.05) is 37.1 Å². The maximum absolute atomic E-state index is 12.2. The van der Waals surface area contributed by atoms with Gasteiger partial charge in [0.25, 0.3) is 5.24 Å². The van der Waals surface area contributed by atoms with Crippen LogP contribution in [0, 0.1) is 0 Å². The fourth-order valence-electron chi connectivity index (χ4n) is 2.74. The van der Waals surface area contributed by atoms with Gasteiger partial charge >= 0.3 is 0 Å². The SMILES string of the molecule is Cn1cnnc1SC(=O)Nc1ccc(-c2nc3cc(Cl)c(Cl)cc3n2C)cc1. The van der Waals surface area contributed by atoms with Crippen molar-refractivity contribution in [3.8, 4) is 11.4 Å². The van der Waals surface area contributed by atoms with Crippen molar-refractivity contribution in [1.82, 2.24) is 24.3 Å². The molecule has 0 atom stereocenters. The monoisotopic (exact) mass is 432 g/mol. The van der Waals surface area contributed by atoms with Crippen LogP contribution in [-0.2, 0) is 14.1 Å². The van der Waals surface area contributed by atoms with Crippen LogP contribution in [0.15, 0.2) is 47.9 Å². The van der Waals surface area contributed by atoms with Crippen molar-refractivity contribution >= 4 is 56.9 Å². The minimum absolute atomic E-state index is 0.240. The average Bonchev–Trinajstić information content (AvgIpc) is 3.20. The number of hydrogen-bond donors (Lipinski definition) is 1. The molecule has 2 heterocycles. The number of aryl methyl sites for hydroxylation is 2. The first-order chi connectivity index (χ1) is 13.4. The highest BCUT2D eigenvalue weighted by molar-refractivity contribution is 8.13. The Labute approximate surface area is 174 Å². The number of nitrogens with one attached hydrogen (secondary N) is 1. The molecule has 0 saturated carbocycles. The second-order valence-electron chi connectivity index (χ2n) is 6.07. The van der Waals surface area contributed by atoms with Crippen LogP contribution in [0.4, 0.5) is 10.5 Å². The van der Waals surface area contributed by atoms with Crippen molar-refractivity contribution in [2.24, 2.45) is 14.1 Å². The summed E-state index contributed by atoms with van der Waals surface area (Å²) in [6.07, 6.45) is 1.54. The van der Waals surface area contributed by atoms with E-state index in [1.54, 1.807) is 30.1 Å². The van der Waals surface area contributed by atoms with E-state index in [9.17, 15) is 4.79 Å². The van der Waals surface area contributed by atoms with Gasteiger partial charge in [-0.05, 0) is 36.4 Å². The topological polar surface area (TPSA) is 77.6 Å². The summed E-state index contributed by atoms with van der Waals surface area (Å²) < 4.78 is 3.63. The number of carbonyl (C=O) groups is 1. The van der Waals surface area contributed by atoms with Crippen LogP contribution in [0.1, 0.15) is 0 Å². The number of imidazole rings is 1. The summed E-state index contributed by atoms with van der Waals surface area (Å²) in [6, 6.07) is 11.0. The Morgan fingerprint density at radius 3 is 2.50 bits per heavy atom. The van der Waals surface area contributed by atoms with E-state index in [-0.39, 0.29) is 5.24 Å². The second-order valence-corrected chi connectivity index (χ2v) is 7.82. The number of nitrogens with zero attached hydrogens (tertiary/aromatic N) is 5. The molecule has 4 aromatic rings. The molecule has 0 radical (unpaired) electrons. The van der Waals surface area contributed by atoms with Gasteiger partial charge in [0.05, 0.1) is 21.1 Å². The first-order valence-electron chi connectivity index (χ1n) is 8.17. The zero-order chi connectivity index (χ0) is 19.8. The van der Waals surface area contributed by atoms with Gasteiger partial charge in [0.1, 0.15) is 12.2 Å². The molecular formula is C18H14Cl2N6OS. The number of amides is 1. The highest BCUT2D eigenvalue weighted by Gasteiger charge is 2.13. The molecule has 0 unspecified atom stereocenters. The smallest absolute Gasteiger partial charge is 0.291 e. The molecule has 10 heteroatoms. The molecule has 2 aromatic carbocycles. The Morgan fingerprint density at radius 2 is 1.82 bits per heavy atom. The Balaban J connectivity index is 1.55. The fraction of sp³-hybridized carbons (Fsp3) is 0.111. The zero-order valence-corrected chi connectivity index (χ0v) is 17.2. The number of anilines is 1. The van der Waals surface area contributed by atoms with E-state index in [2.05, 4.69) is 20.5 Å². The van der Waals surface area contributed by atoms with E-state index in [1.807, 2.05) is 35.9 Å². The standard InChI is InChI=1S/C18H14Cl2N6OS/c1-25-9-21-24-17(25)28-18(27)22-11-5-3-10(4-6-11)16-23-14-7-12(19)13(20)8-15(14)26(16)2/h3-9H,1-2H3,(H,22,27). The Kier molecular flexibility index (Phi) is 5.01. The lowest BCUT2D eigenvalue weighted by Crippen LogP contribution is -2.06. The molecule has 142 valence electrons. The van der Waals surface area contributed by atoms with Gasteiger partial charge in [-0.25, -0.2) is 4.98 Å². The molecule has 4 rings (SSSR count). The molecule has 1 amide bonds. The van der Waals surface area contributed by atoms with Crippen molar-refractivity contribution in [1.29, 1.82) is 0 Å². The molecule has 28 heavy (non-hydrogen) atoms. The van der Waals surface area contributed by atoms with Crippen molar-refractivity contribution in [3.63, 3.8) is 0 Å². The average molecular weight is 433 g/mol. The second kappa shape index (κ2) is 7.46. The third-order valence-electron chi connectivity index (χ3n) is 4.17. The number of benzene rings is 2. The molecule has 0 aliphatic carbocycles. The number of hydrogen-bond acceptors (Lipinski definition) is 5. The van der Waals surface area contributed by atoms with Crippen LogP contribution in [0.2, 0.25) is 10.0 Å². The first kappa shape index (κ1) is 18.8. The minimum atomic E-state index is -0.240. The summed E-state index contributed by atoms with van der Waals surface area (Å²) >= 11 is 13.2. The van der Waals surface area contributed by atoms with E-state index in [0.717, 1.165) is 34.2 Å². The number of aromatic nitrogens is 5. The number of halogens is 2. The molecular weight excluding hydrogens is 419 g/mol. The van der Waals surface area contributed by atoms with E-state index in [4.69, 9.17) is 23.2 Å². The van der Waals surface area contributed by atoms with Crippen molar-refractivity contribution < 1.29 is 4.79 Å². The van der Waals surface area contributed by atoms with Gasteiger partial charge in [-0.15, -0.1) is 10.2 Å². The highest BCUT2D eigenvalue weighted by atomic mass is 35.5. The summed E-state index contributed by atoms with van der Waals surface area (Å²) in [4.78, 5) is 16.8. The summed E-state index contributed by atoms with van der Waals surface area (Å²) in [6.45, 7) is 0. The molecule has 2 aromatic heterocycles. The van der Waals surface area contributed by atoms with Crippen LogP contribution in [0.3, 0.4) is 0 Å². The lowest BCUT2D eigenvalue weighted by molar-refractivity contribution is 0.269. The van der Waals surface area contributed by atoms with Crippen LogP contribution in [0.25, 0.3) is 22.4 Å².